The van der Waals surface area contributed by atoms with Gasteiger partial charge in [0.15, 0.2) is 0 Å². The number of carbonyl (C=O) groups is 2. The lowest BCUT2D eigenvalue weighted by Gasteiger charge is -2.12. The van der Waals surface area contributed by atoms with E-state index in [0.717, 1.165) is 12.8 Å². The van der Waals surface area contributed by atoms with Gasteiger partial charge in [-0.1, -0.05) is 26.0 Å². The number of esters is 2. The van der Waals surface area contributed by atoms with Crippen molar-refractivity contribution in [3.05, 3.63) is 33.9 Å². The van der Waals surface area contributed by atoms with Gasteiger partial charge in [-0.15, -0.1) is 0 Å². The average Bonchev–Trinajstić information content (AvgIpc) is 3.29. The Morgan fingerprint density at radius 1 is 1.36 bits per heavy atom. The predicted molar refractivity (Wildman–Crippen MR) is 76.1 cm³/mol. The second-order valence-electron chi connectivity index (χ2n) is 5.48. The van der Waals surface area contributed by atoms with Crippen LogP contribution in [0.2, 0.25) is 0 Å². The smallest absolute Gasteiger partial charge is 0.314 e. The summed E-state index contributed by atoms with van der Waals surface area (Å²) in [6.45, 7) is 3.10. The second-order valence-corrected chi connectivity index (χ2v) is 5.48. The number of hydrogen-bond acceptors (Lipinski definition) is 6. The molecular weight excluding hydrogens is 290 g/mol. The van der Waals surface area contributed by atoms with Crippen LogP contribution in [0.1, 0.15) is 32.3 Å². The molecule has 118 valence electrons. The molecule has 1 fully saturated rings. The lowest BCUT2D eigenvalue weighted by atomic mass is 10.1. The van der Waals surface area contributed by atoms with E-state index in [1.165, 1.54) is 18.2 Å². The van der Waals surface area contributed by atoms with Gasteiger partial charge in [0.1, 0.15) is 6.61 Å². The number of nitrogens with zero attached hydrogens (tertiary/aromatic N) is 1. The molecule has 0 spiro atoms. The van der Waals surface area contributed by atoms with E-state index in [9.17, 15) is 19.7 Å². The van der Waals surface area contributed by atoms with Crippen LogP contribution in [0.3, 0.4) is 0 Å². The lowest BCUT2D eigenvalue weighted by molar-refractivity contribution is -0.385. The van der Waals surface area contributed by atoms with E-state index < -0.39 is 16.8 Å². The molecule has 0 unspecified atom stereocenters. The SMILES string of the molecule is CC(C)C(=O)Oc1c(COC(=O)C2CC2)cccc1[N+](=O)[O-]. The highest BCUT2D eigenvalue weighted by atomic mass is 16.6. The molecule has 7 nitrogen and oxygen atoms in total. The van der Waals surface area contributed by atoms with Crippen LogP contribution < -0.4 is 4.74 Å². The van der Waals surface area contributed by atoms with Gasteiger partial charge in [-0.2, -0.15) is 0 Å². The minimum absolute atomic E-state index is 0.0691. The topological polar surface area (TPSA) is 95.7 Å². The number of nitro groups is 1. The Morgan fingerprint density at radius 3 is 2.59 bits per heavy atom. The van der Waals surface area contributed by atoms with Crippen molar-refractivity contribution in [2.45, 2.75) is 33.3 Å². The Bertz CT molecular complexity index is 606. The van der Waals surface area contributed by atoms with E-state index in [4.69, 9.17) is 9.47 Å². The highest BCUT2D eigenvalue weighted by Crippen LogP contribution is 2.34. The van der Waals surface area contributed by atoms with Gasteiger partial charge in [0.2, 0.25) is 5.75 Å². The number of nitro benzene ring substituents is 1. The van der Waals surface area contributed by atoms with Gasteiger partial charge in [0, 0.05) is 11.6 Å². The number of hydrogen-bond donors (Lipinski definition) is 0. The fourth-order valence-corrected chi connectivity index (χ4v) is 1.75. The van der Waals surface area contributed by atoms with Crippen molar-refractivity contribution in [2.75, 3.05) is 0 Å². The molecule has 2 rings (SSSR count). The van der Waals surface area contributed by atoms with E-state index in [0.29, 0.717) is 5.56 Å². The largest absolute Gasteiger partial charge is 0.460 e. The Labute approximate surface area is 127 Å². The first-order valence-electron chi connectivity index (χ1n) is 7.04. The van der Waals surface area contributed by atoms with E-state index in [1.807, 2.05) is 0 Å². The molecule has 0 saturated heterocycles. The molecule has 0 aliphatic heterocycles. The molecule has 0 aromatic heterocycles. The van der Waals surface area contributed by atoms with Crippen LogP contribution in [0.4, 0.5) is 5.69 Å². The van der Waals surface area contributed by atoms with Crippen LogP contribution in [0.5, 0.6) is 5.75 Å². The zero-order chi connectivity index (χ0) is 16.3. The molecule has 0 heterocycles. The first-order valence-corrected chi connectivity index (χ1v) is 7.04. The molecule has 1 aromatic carbocycles. The summed E-state index contributed by atoms with van der Waals surface area (Å²) in [4.78, 5) is 33.8. The van der Waals surface area contributed by atoms with Crippen molar-refractivity contribution >= 4 is 17.6 Å². The first-order chi connectivity index (χ1) is 10.4. The average molecular weight is 307 g/mol. The fraction of sp³-hybridized carbons (Fsp3) is 0.467. The monoisotopic (exact) mass is 307 g/mol. The maximum atomic E-state index is 11.7. The number of benzene rings is 1. The Hall–Kier alpha value is -2.44. The van der Waals surface area contributed by atoms with Crippen molar-refractivity contribution in [1.29, 1.82) is 0 Å². The summed E-state index contributed by atoms with van der Waals surface area (Å²) in [6, 6.07) is 4.25. The van der Waals surface area contributed by atoms with Gasteiger partial charge in [-0.25, -0.2) is 0 Å². The van der Waals surface area contributed by atoms with Crippen molar-refractivity contribution < 1.29 is 24.0 Å². The highest BCUT2D eigenvalue weighted by molar-refractivity contribution is 5.77. The summed E-state index contributed by atoms with van der Waals surface area (Å²) in [5.74, 6) is -1.56. The second kappa shape index (κ2) is 6.55. The molecule has 1 aliphatic rings. The third kappa shape index (κ3) is 3.81. The molecule has 0 atom stereocenters. The van der Waals surface area contributed by atoms with Crippen LogP contribution in [-0.2, 0) is 20.9 Å². The predicted octanol–water partition coefficient (Wildman–Crippen LogP) is 2.61. The Morgan fingerprint density at radius 2 is 2.05 bits per heavy atom. The zero-order valence-electron chi connectivity index (χ0n) is 12.4. The van der Waals surface area contributed by atoms with Crippen LogP contribution in [0, 0.1) is 22.0 Å². The molecule has 0 radical (unpaired) electrons. The first kappa shape index (κ1) is 15.9. The summed E-state index contributed by atoms with van der Waals surface area (Å²) >= 11 is 0. The summed E-state index contributed by atoms with van der Waals surface area (Å²) in [5.41, 5.74) is -0.0221. The third-order valence-corrected chi connectivity index (χ3v) is 3.23. The number of ether oxygens (including phenoxy) is 2. The van der Waals surface area contributed by atoms with Gasteiger partial charge in [0.05, 0.1) is 16.8 Å². The van der Waals surface area contributed by atoms with Crippen LogP contribution >= 0.6 is 0 Å². The third-order valence-electron chi connectivity index (χ3n) is 3.23. The lowest BCUT2D eigenvalue weighted by Crippen LogP contribution is -2.17. The quantitative estimate of drug-likeness (QED) is 0.347. The van der Waals surface area contributed by atoms with Gasteiger partial charge < -0.3 is 9.47 Å². The van der Waals surface area contributed by atoms with Gasteiger partial charge in [-0.05, 0) is 12.8 Å². The number of para-hydroxylation sites is 1. The van der Waals surface area contributed by atoms with Crippen molar-refractivity contribution in [3.8, 4) is 5.75 Å². The molecular formula is C15H17NO6. The zero-order valence-corrected chi connectivity index (χ0v) is 12.4. The van der Waals surface area contributed by atoms with Crippen molar-refractivity contribution in [1.82, 2.24) is 0 Å². The number of rotatable bonds is 6. The van der Waals surface area contributed by atoms with E-state index in [2.05, 4.69) is 0 Å². The molecule has 1 aliphatic carbocycles. The normalized spacial score (nSPS) is 13.8. The molecule has 7 heteroatoms. The minimum Gasteiger partial charge on any atom is -0.460 e. The van der Waals surface area contributed by atoms with Gasteiger partial charge in [0.25, 0.3) is 0 Å². The summed E-state index contributed by atoms with van der Waals surface area (Å²) in [6.07, 6.45) is 1.62. The van der Waals surface area contributed by atoms with Crippen molar-refractivity contribution in [2.24, 2.45) is 11.8 Å². The Kier molecular flexibility index (Phi) is 4.75. The fourth-order valence-electron chi connectivity index (χ4n) is 1.75. The Balaban J connectivity index is 2.22. The van der Waals surface area contributed by atoms with Crippen LogP contribution in [0.25, 0.3) is 0 Å². The minimum atomic E-state index is -0.630. The molecule has 22 heavy (non-hydrogen) atoms. The van der Waals surface area contributed by atoms with Crippen LogP contribution in [-0.4, -0.2) is 16.9 Å². The standard InChI is InChI=1S/C15H17NO6/c1-9(2)14(17)22-13-11(4-3-5-12(13)16(19)20)8-21-15(18)10-6-7-10/h3-5,9-10H,6-8H2,1-2H3. The number of carbonyl (C=O) groups excluding carboxylic acids is 2. The molecule has 1 aromatic rings. The van der Waals surface area contributed by atoms with Gasteiger partial charge >= 0.3 is 17.6 Å². The maximum absolute atomic E-state index is 11.7. The maximum Gasteiger partial charge on any atom is 0.314 e. The summed E-state index contributed by atoms with van der Waals surface area (Å²) < 4.78 is 10.3. The van der Waals surface area contributed by atoms with Crippen LogP contribution in [0.15, 0.2) is 18.2 Å². The molecule has 0 bridgehead atoms. The van der Waals surface area contributed by atoms with Crippen molar-refractivity contribution in [3.63, 3.8) is 0 Å². The molecule has 0 N–H and O–H groups in total. The summed E-state index contributed by atoms with van der Waals surface area (Å²) in [7, 11) is 0. The highest BCUT2D eigenvalue weighted by Gasteiger charge is 2.32. The molecule has 1 saturated carbocycles. The van der Waals surface area contributed by atoms with E-state index >= 15 is 0 Å². The molecule has 0 amide bonds. The van der Waals surface area contributed by atoms with Gasteiger partial charge in [-0.3, -0.25) is 19.7 Å². The summed E-state index contributed by atoms with van der Waals surface area (Å²) in [5, 5.41) is 11.1. The van der Waals surface area contributed by atoms with E-state index in [-0.39, 0.29) is 29.9 Å². The van der Waals surface area contributed by atoms with E-state index in [1.54, 1.807) is 13.8 Å².